The Labute approximate surface area is 97.5 Å². The van der Waals surface area contributed by atoms with Crippen LogP contribution < -0.4 is 5.32 Å². The van der Waals surface area contributed by atoms with E-state index >= 15 is 0 Å². The Bertz CT molecular complexity index is 265. The molecule has 0 unspecified atom stereocenters. The van der Waals surface area contributed by atoms with E-state index in [1.165, 1.54) is 0 Å². The lowest BCUT2D eigenvalue weighted by Crippen LogP contribution is -2.37. The van der Waals surface area contributed by atoms with Crippen molar-refractivity contribution in [3.63, 3.8) is 0 Å². The van der Waals surface area contributed by atoms with Crippen molar-refractivity contribution >= 4 is 11.7 Å². The SMILES string of the molecule is CC(=O)NCCN(C)CCN1CCN=C1C. The van der Waals surface area contributed by atoms with E-state index in [0.29, 0.717) is 0 Å². The average molecular weight is 226 g/mol. The lowest BCUT2D eigenvalue weighted by Gasteiger charge is -2.22. The van der Waals surface area contributed by atoms with Crippen LogP contribution in [0.2, 0.25) is 0 Å². The van der Waals surface area contributed by atoms with Crippen molar-refractivity contribution in [1.29, 1.82) is 0 Å². The van der Waals surface area contributed by atoms with E-state index in [2.05, 4.69) is 34.1 Å². The van der Waals surface area contributed by atoms with Gasteiger partial charge in [-0.2, -0.15) is 0 Å². The van der Waals surface area contributed by atoms with E-state index in [1.54, 1.807) is 6.92 Å². The van der Waals surface area contributed by atoms with Gasteiger partial charge in [0.25, 0.3) is 0 Å². The molecule has 0 aliphatic carbocycles. The normalized spacial score (nSPS) is 15.5. The average Bonchev–Trinajstić information content (AvgIpc) is 2.60. The van der Waals surface area contributed by atoms with Crippen molar-refractivity contribution in [1.82, 2.24) is 15.1 Å². The van der Waals surface area contributed by atoms with Crippen LogP contribution in [0.1, 0.15) is 13.8 Å². The van der Waals surface area contributed by atoms with Gasteiger partial charge in [0.2, 0.25) is 5.91 Å². The molecule has 1 aliphatic heterocycles. The fourth-order valence-electron chi connectivity index (χ4n) is 1.69. The molecule has 0 saturated carbocycles. The van der Waals surface area contributed by atoms with Crippen molar-refractivity contribution in [2.24, 2.45) is 4.99 Å². The third-order valence-corrected chi connectivity index (χ3v) is 2.79. The number of carbonyl (C=O) groups excluding carboxylic acids is 1. The molecular formula is C11H22N4O. The fraction of sp³-hybridized carbons (Fsp3) is 0.818. The molecule has 0 radical (unpaired) electrons. The molecule has 0 fully saturated rings. The van der Waals surface area contributed by atoms with Crippen molar-refractivity contribution in [2.45, 2.75) is 13.8 Å². The fourth-order valence-corrected chi connectivity index (χ4v) is 1.69. The van der Waals surface area contributed by atoms with Gasteiger partial charge in [-0.1, -0.05) is 0 Å². The minimum atomic E-state index is 0.0379. The van der Waals surface area contributed by atoms with Crippen molar-refractivity contribution in [2.75, 3.05) is 46.3 Å². The Balaban J connectivity index is 2.08. The van der Waals surface area contributed by atoms with Gasteiger partial charge in [-0.15, -0.1) is 0 Å². The molecule has 1 amide bonds. The quantitative estimate of drug-likeness (QED) is 0.681. The summed E-state index contributed by atoms with van der Waals surface area (Å²) in [6, 6.07) is 0. The van der Waals surface area contributed by atoms with Gasteiger partial charge in [-0.3, -0.25) is 9.79 Å². The molecule has 0 aromatic carbocycles. The number of rotatable bonds is 6. The molecule has 1 heterocycles. The Morgan fingerprint density at radius 2 is 2.31 bits per heavy atom. The summed E-state index contributed by atoms with van der Waals surface area (Å²) < 4.78 is 0. The van der Waals surface area contributed by atoms with E-state index in [0.717, 1.165) is 45.1 Å². The van der Waals surface area contributed by atoms with Gasteiger partial charge < -0.3 is 15.1 Å². The molecule has 0 aromatic heterocycles. The lowest BCUT2D eigenvalue weighted by atomic mass is 10.4. The van der Waals surface area contributed by atoms with Crippen LogP contribution in [0.15, 0.2) is 4.99 Å². The number of amidine groups is 1. The molecule has 1 rings (SSSR count). The molecule has 0 aromatic rings. The lowest BCUT2D eigenvalue weighted by molar-refractivity contribution is -0.118. The molecule has 5 heteroatoms. The van der Waals surface area contributed by atoms with Crippen molar-refractivity contribution in [3.05, 3.63) is 0 Å². The maximum Gasteiger partial charge on any atom is 0.216 e. The van der Waals surface area contributed by atoms with Gasteiger partial charge in [-0.05, 0) is 14.0 Å². The molecular weight excluding hydrogens is 204 g/mol. The van der Waals surface area contributed by atoms with E-state index in [9.17, 15) is 4.79 Å². The highest BCUT2D eigenvalue weighted by atomic mass is 16.1. The highest BCUT2D eigenvalue weighted by molar-refractivity contribution is 5.81. The Hall–Kier alpha value is -1.10. The monoisotopic (exact) mass is 226 g/mol. The number of likely N-dealkylation sites (N-methyl/N-ethyl adjacent to an activating group) is 1. The predicted molar refractivity (Wildman–Crippen MR) is 65.7 cm³/mol. The van der Waals surface area contributed by atoms with Gasteiger partial charge in [-0.25, -0.2) is 0 Å². The topological polar surface area (TPSA) is 47.9 Å². The van der Waals surface area contributed by atoms with Crippen LogP contribution in [0.4, 0.5) is 0 Å². The first-order valence-electron chi connectivity index (χ1n) is 5.78. The van der Waals surface area contributed by atoms with Gasteiger partial charge in [0.1, 0.15) is 0 Å². The molecule has 0 spiro atoms. The van der Waals surface area contributed by atoms with Gasteiger partial charge in [0.15, 0.2) is 0 Å². The Morgan fingerprint density at radius 1 is 1.56 bits per heavy atom. The van der Waals surface area contributed by atoms with Crippen LogP contribution in [0.3, 0.4) is 0 Å². The number of amides is 1. The van der Waals surface area contributed by atoms with E-state index < -0.39 is 0 Å². The Morgan fingerprint density at radius 3 is 2.88 bits per heavy atom. The summed E-state index contributed by atoms with van der Waals surface area (Å²) in [5.74, 6) is 1.19. The summed E-state index contributed by atoms with van der Waals surface area (Å²) in [4.78, 5) is 19.6. The van der Waals surface area contributed by atoms with E-state index in [4.69, 9.17) is 0 Å². The van der Waals surface area contributed by atoms with Crippen molar-refractivity contribution in [3.8, 4) is 0 Å². The Kier molecular flexibility index (Phi) is 5.25. The minimum absolute atomic E-state index is 0.0379. The van der Waals surface area contributed by atoms with Crippen LogP contribution in [-0.2, 0) is 4.79 Å². The maximum absolute atomic E-state index is 10.7. The summed E-state index contributed by atoms with van der Waals surface area (Å²) in [6.45, 7) is 9.22. The summed E-state index contributed by atoms with van der Waals surface area (Å²) in [5.41, 5.74) is 0. The summed E-state index contributed by atoms with van der Waals surface area (Å²) in [6.07, 6.45) is 0. The van der Waals surface area contributed by atoms with Crippen LogP contribution in [0.25, 0.3) is 0 Å². The molecule has 1 aliphatic rings. The van der Waals surface area contributed by atoms with E-state index in [-0.39, 0.29) is 5.91 Å². The number of carbonyl (C=O) groups is 1. The summed E-state index contributed by atoms with van der Waals surface area (Å²) >= 11 is 0. The second kappa shape index (κ2) is 6.48. The van der Waals surface area contributed by atoms with Crippen LogP contribution in [0.5, 0.6) is 0 Å². The molecule has 92 valence electrons. The zero-order chi connectivity index (χ0) is 12.0. The first kappa shape index (κ1) is 13.0. The first-order valence-corrected chi connectivity index (χ1v) is 5.78. The second-order valence-electron chi connectivity index (χ2n) is 4.20. The highest BCUT2D eigenvalue weighted by Crippen LogP contribution is 2.00. The van der Waals surface area contributed by atoms with Gasteiger partial charge >= 0.3 is 0 Å². The number of aliphatic imine (C=N–C) groups is 1. The number of nitrogens with zero attached hydrogens (tertiary/aromatic N) is 3. The largest absolute Gasteiger partial charge is 0.357 e. The zero-order valence-electron chi connectivity index (χ0n) is 10.5. The number of nitrogens with one attached hydrogen (secondary N) is 1. The standard InChI is InChI=1S/C11H22N4O/c1-10-12-5-7-15(10)9-8-14(3)6-4-13-11(2)16/h4-9H2,1-3H3,(H,13,16). The van der Waals surface area contributed by atoms with Gasteiger partial charge in [0.05, 0.1) is 12.4 Å². The second-order valence-corrected chi connectivity index (χ2v) is 4.20. The zero-order valence-corrected chi connectivity index (χ0v) is 10.5. The third-order valence-electron chi connectivity index (χ3n) is 2.79. The number of hydrogen-bond acceptors (Lipinski definition) is 4. The smallest absolute Gasteiger partial charge is 0.216 e. The highest BCUT2D eigenvalue weighted by Gasteiger charge is 2.12. The van der Waals surface area contributed by atoms with Crippen molar-refractivity contribution < 1.29 is 4.79 Å². The first-order chi connectivity index (χ1) is 7.59. The van der Waals surface area contributed by atoms with Crippen LogP contribution in [0, 0.1) is 0 Å². The number of hydrogen-bond donors (Lipinski definition) is 1. The molecule has 16 heavy (non-hydrogen) atoms. The third kappa shape index (κ3) is 4.61. The maximum atomic E-state index is 10.7. The van der Waals surface area contributed by atoms with Crippen LogP contribution in [-0.4, -0.2) is 67.9 Å². The van der Waals surface area contributed by atoms with E-state index in [1.807, 2.05) is 0 Å². The molecule has 0 atom stereocenters. The molecule has 0 saturated heterocycles. The van der Waals surface area contributed by atoms with Gasteiger partial charge in [0, 0.05) is 39.6 Å². The predicted octanol–water partition coefficient (Wildman–Crippen LogP) is -0.212. The molecule has 5 nitrogen and oxygen atoms in total. The summed E-state index contributed by atoms with van der Waals surface area (Å²) in [5, 5.41) is 2.80. The molecule has 0 bridgehead atoms. The summed E-state index contributed by atoms with van der Waals surface area (Å²) in [7, 11) is 2.07. The minimum Gasteiger partial charge on any atom is -0.357 e. The van der Waals surface area contributed by atoms with Crippen LogP contribution >= 0.6 is 0 Å². The molecule has 1 N–H and O–H groups in total.